The molecule has 128 valence electrons. The van der Waals surface area contributed by atoms with Gasteiger partial charge in [-0.3, -0.25) is 4.79 Å². The summed E-state index contributed by atoms with van der Waals surface area (Å²) in [6.45, 7) is 5.32. The molecule has 1 fully saturated rings. The maximum Gasteiger partial charge on any atom is 0.387 e. The monoisotopic (exact) mass is 327 g/mol. The Morgan fingerprint density at radius 1 is 1.13 bits per heavy atom. The number of carbonyl (C=O) groups excluding carboxylic acids is 1. The molecule has 0 N–H and O–H groups in total. The van der Waals surface area contributed by atoms with Crippen LogP contribution in [0, 0.1) is 0 Å². The minimum Gasteiger partial charge on any atom is -0.487 e. The number of carbonyl (C=O) groups is 1. The molecule has 1 saturated heterocycles. The molecule has 1 amide bonds. The fourth-order valence-corrected chi connectivity index (χ4v) is 2.77. The Kier molecular flexibility index (Phi) is 5.44. The molecule has 0 bridgehead atoms. The van der Waals surface area contributed by atoms with Crippen LogP contribution in [0.25, 0.3) is 0 Å². The van der Waals surface area contributed by atoms with Gasteiger partial charge in [0, 0.05) is 24.9 Å². The minimum atomic E-state index is -2.90. The van der Waals surface area contributed by atoms with Crippen molar-refractivity contribution in [3.8, 4) is 11.5 Å². The summed E-state index contributed by atoms with van der Waals surface area (Å²) in [5.74, 6) is 0.458. The van der Waals surface area contributed by atoms with E-state index in [1.54, 1.807) is 12.1 Å². The predicted molar refractivity (Wildman–Crippen MR) is 83.0 cm³/mol. The lowest BCUT2D eigenvalue weighted by molar-refractivity contribution is -0.129. The SMILES string of the molecule is CC(C)Oc1cc(C2CC(=O)N(C(C)C)C2)ccc1OC(F)F. The van der Waals surface area contributed by atoms with Gasteiger partial charge in [0.15, 0.2) is 11.5 Å². The van der Waals surface area contributed by atoms with Crippen LogP contribution in [-0.4, -0.2) is 36.1 Å². The predicted octanol–water partition coefficient (Wildman–Crippen LogP) is 3.80. The van der Waals surface area contributed by atoms with Crippen LogP contribution in [0.4, 0.5) is 8.78 Å². The zero-order valence-electron chi connectivity index (χ0n) is 13.9. The summed E-state index contributed by atoms with van der Waals surface area (Å²) in [5.41, 5.74) is 0.902. The van der Waals surface area contributed by atoms with Crippen LogP contribution in [-0.2, 0) is 4.79 Å². The molecule has 0 aromatic heterocycles. The van der Waals surface area contributed by atoms with Crippen molar-refractivity contribution in [2.24, 2.45) is 0 Å². The molecular formula is C17H23F2NO3. The summed E-state index contributed by atoms with van der Waals surface area (Å²) >= 11 is 0. The Morgan fingerprint density at radius 3 is 2.35 bits per heavy atom. The quantitative estimate of drug-likeness (QED) is 0.798. The van der Waals surface area contributed by atoms with Crippen molar-refractivity contribution in [1.82, 2.24) is 4.90 Å². The van der Waals surface area contributed by atoms with Crippen molar-refractivity contribution in [3.05, 3.63) is 23.8 Å². The van der Waals surface area contributed by atoms with E-state index in [0.717, 1.165) is 5.56 Å². The number of alkyl halides is 2. The third-order valence-corrected chi connectivity index (χ3v) is 3.80. The van der Waals surface area contributed by atoms with E-state index in [1.165, 1.54) is 6.07 Å². The molecule has 6 heteroatoms. The van der Waals surface area contributed by atoms with Crippen LogP contribution in [0.15, 0.2) is 18.2 Å². The fourth-order valence-electron chi connectivity index (χ4n) is 2.77. The van der Waals surface area contributed by atoms with Gasteiger partial charge in [-0.2, -0.15) is 8.78 Å². The van der Waals surface area contributed by atoms with E-state index in [2.05, 4.69) is 4.74 Å². The normalized spacial score (nSPS) is 18.4. The molecule has 0 saturated carbocycles. The standard InChI is InChI=1S/C17H23F2NO3/c1-10(2)20-9-13(8-16(20)21)12-5-6-14(23-17(18)19)15(7-12)22-11(3)4/h5-7,10-11,13,17H,8-9H2,1-4H3. The fraction of sp³-hybridized carbons (Fsp3) is 0.588. The Morgan fingerprint density at radius 2 is 1.83 bits per heavy atom. The first-order valence-corrected chi connectivity index (χ1v) is 7.82. The number of likely N-dealkylation sites (tertiary alicyclic amines) is 1. The van der Waals surface area contributed by atoms with Crippen molar-refractivity contribution in [2.45, 2.75) is 58.8 Å². The Bertz CT molecular complexity index is 561. The molecule has 1 aromatic carbocycles. The summed E-state index contributed by atoms with van der Waals surface area (Å²) in [7, 11) is 0. The van der Waals surface area contributed by atoms with Gasteiger partial charge in [0.25, 0.3) is 0 Å². The summed E-state index contributed by atoms with van der Waals surface area (Å²) in [6.07, 6.45) is 0.261. The second-order valence-corrected chi connectivity index (χ2v) is 6.29. The van der Waals surface area contributed by atoms with E-state index >= 15 is 0 Å². The maximum atomic E-state index is 12.5. The molecule has 0 radical (unpaired) electrons. The number of hydrogen-bond donors (Lipinski definition) is 0. The Hall–Kier alpha value is -1.85. The molecule has 2 rings (SSSR count). The van der Waals surface area contributed by atoms with Crippen molar-refractivity contribution in [2.75, 3.05) is 6.54 Å². The molecule has 0 spiro atoms. The van der Waals surface area contributed by atoms with E-state index in [1.807, 2.05) is 32.6 Å². The summed E-state index contributed by atoms with van der Waals surface area (Å²) in [4.78, 5) is 13.9. The third kappa shape index (κ3) is 4.33. The molecular weight excluding hydrogens is 304 g/mol. The average molecular weight is 327 g/mol. The number of halogens is 2. The van der Waals surface area contributed by atoms with Gasteiger partial charge in [0.05, 0.1) is 6.10 Å². The first-order valence-electron chi connectivity index (χ1n) is 7.82. The second kappa shape index (κ2) is 7.15. The number of rotatable bonds is 6. The van der Waals surface area contributed by atoms with E-state index in [4.69, 9.17) is 4.74 Å². The Labute approximate surface area is 135 Å². The van der Waals surface area contributed by atoms with Gasteiger partial charge < -0.3 is 14.4 Å². The van der Waals surface area contributed by atoms with Crippen molar-refractivity contribution < 1.29 is 23.0 Å². The van der Waals surface area contributed by atoms with Crippen LogP contribution in [0.2, 0.25) is 0 Å². The van der Waals surface area contributed by atoms with Crippen LogP contribution in [0.5, 0.6) is 11.5 Å². The highest BCUT2D eigenvalue weighted by Crippen LogP contribution is 2.36. The molecule has 23 heavy (non-hydrogen) atoms. The lowest BCUT2D eigenvalue weighted by Gasteiger charge is -2.21. The lowest BCUT2D eigenvalue weighted by atomic mass is 9.98. The molecule has 4 nitrogen and oxygen atoms in total. The first-order chi connectivity index (χ1) is 10.8. The van der Waals surface area contributed by atoms with Gasteiger partial charge in [-0.15, -0.1) is 0 Å². The molecule has 0 aliphatic carbocycles. The van der Waals surface area contributed by atoms with Gasteiger partial charge in [0.1, 0.15) is 0 Å². The molecule has 1 aliphatic rings. The van der Waals surface area contributed by atoms with Crippen molar-refractivity contribution >= 4 is 5.91 Å². The van der Waals surface area contributed by atoms with Gasteiger partial charge in [-0.1, -0.05) is 6.07 Å². The minimum absolute atomic E-state index is 0.0162. The van der Waals surface area contributed by atoms with E-state index in [-0.39, 0.29) is 35.5 Å². The average Bonchev–Trinajstić information content (AvgIpc) is 2.82. The highest BCUT2D eigenvalue weighted by Gasteiger charge is 2.32. The first kappa shape index (κ1) is 17.5. The lowest BCUT2D eigenvalue weighted by Crippen LogP contribution is -2.31. The number of benzene rings is 1. The third-order valence-electron chi connectivity index (χ3n) is 3.80. The van der Waals surface area contributed by atoms with Gasteiger partial charge >= 0.3 is 6.61 Å². The number of ether oxygens (including phenoxy) is 2. The molecule has 1 atom stereocenters. The number of amides is 1. The van der Waals surface area contributed by atoms with Crippen molar-refractivity contribution in [1.29, 1.82) is 0 Å². The molecule has 1 aliphatic heterocycles. The van der Waals surface area contributed by atoms with Gasteiger partial charge in [-0.05, 0) is 45.4 Å². The summed E-state index contributed by atoms with van der Waals surface area (Å²) in [5, 5.41) is 0. The smallest absolute Gasteiger partial charge is 0.387 e. The Balaban J connectivity index is 2.25. The van der Waals surface area contributed by atoms with Crippen LogP contribution in [0.3, 0.4) is 0 Å². The highest BCUT2D eigenvalue weighted by molar-refractivity contribution is 5.80. The van der Waals surface area contributed by atoms with E-state index in [9.17, 15) is 13.6 Å². The topological polar surface area (TPSA) is 38.8 Å². The highest BCUT2D eigenvalue weighted by atomic mass is 19.3. The summed E-state index contributed by atoms with van der Waals surface area (Å²) < 4.78 is 35.1. The van der Waals surface area contributed by atoms with Crippen molar-refractivity contribution in [3.63, 3.8) is 0 Å². The zero-order valence-corrected chi connectivity index (χ0v) is 13.9. The molecule has 1 heterocycles. The van der Waals surface area contributed by atoms with E-state index < -0.39 is 6.61 Å². The molecule has 1 unspecified atom stereocenters. The maximum absolute atomic E-state index is 12.5. The van der Waals surface area contributed by atoms with Crippen LogP contribution < -0.4 is 9.47 Å². The number of nitrogens with zero attached hydrogens (tertiary/aromatic N) is 1. The van der Waals surface area contributed by atoms with E-state index in [0.29, 0.717) is 13.0 Å². The van der Waals surface area contributed by atoms with Crippen LogP contribution in [0.1, 0.15) is 45.6 Å². The largest absolute Gasteiger partial charge is 0.487 e. The van der Waals surface area contributed by atoms with Gasteiger partial charge in [-0.25, -0.2) is 0 Å². The summed E-state index contributed by atoms with van der Waals surface area (Å²) in [6, 6.07) is 5.08. The van der Waals surface area contributed by atoms with Crippen LogP contribution >= 0.6 is 0 Å². The molecule has 1 aromatic rings. The second-order valence-electron chi connectivity index (χ2n) is 6.29. The zero-order chi connectivity index (χ0) is 17.1. The number of hydrogen-bond acceptors (Lipinski definition) is 3. The van der Waals surface area contributed by atoms with Gasteiger partial charge in [0.2, 0.25) is 5.91 Å².